The van der Waals surface area contributed by atoms with Gasteiger partial charge < -0.3 is 5.11 Å². The molecule has 2 heterocycles. The maximum Gasteiger partial charge on any atom is 0.438 e. The molecule has 1 aromatic heterocycles. The normalized spacial score (nSPS) is 21.8. The largest absolute Gasteiger partial charge is 0.438 e. The van der Waals surface area contributed by atoms with E-state index in [0.717, 1.165) is 17.1 Å². The van der Waals surface area contributed by atoms with Crippen molar-refractivity contribution in [3.05, 3.63) is 22.5 Å². The van der Waals surface area contributed by atoms with Gasteiger partial charge in [-0.05, 0) is 20.8 Å². The highest BCUT2D eigenvalue weighted by Crippen LogP contribution is 2.41. The number of amides is 1. The highest BCUT2D eigenvalue weighted by Gasteiger charge is 2.64. The number of hydrogen-bond acceptors (Lipinski definition) is 6. The van der Waals surface area contributed by atoms with Crippen molar-refractivity contribution in [2.45, 2.75) is 44.6 Å². The molecule has 0 spiro atoms. The van der Waals surface area contributed by atoms with Crippen molar-refractivity contribution in [3.8, 4) is 0 Å². The van der Waals surface area contributed by atoms with Crippen LogP contribution >= 0.6 is 0 Å². The maximum atomic E-state index is 13.2. The first kappa shape index (κ1) is 17.8. The average molecular weight is 349 g/mol. The Kier molecular flexibility index (Phi) is 3.91. The molecule has 1 aliphatic heterocycles. The topological polar surface area (TPSA) is 114 Å². The molecule has 0 radical (unpaired) electrons. The molecule has 24 heavy (non-hydrogen) atoms. The van der Waals surface area contributed by atoms with Gasteiger partial charge in [-0.1, -0.05) is 0 Å². The Morgan fingerprint density at radius 1 is 1.46 bits per heavy atom. The SMILES string of the molecule is CC1=NN(C(=O)C(C)(C)n2cc([N+](=O)[O-])cn2)[C@](O)(C(F)(F)F)C1. The number of rotatable bonds is 3. The smallest absolute Gasteiger partial charge is 0.362 e. The number of alkyl halides is 3. The van der Waals surface area contributed by atoms with Crippen LogP contribution in [0.2, 0.25) is 0 Å². The van der Waals surface area contributed by atoms with Gasteiger partial charge >= 0.3 is 11.9 Å². The van der Waals surface area contributed by atoms with Crippen LogP contribution in [-0.2, 0) is 10.3 Å². The average Bonchev–Trinajstić information content (AvgIpc) is 3.02. The molecule has 2 rings (SSSR count). The molecule has 0 saturated heterocycles. The minimum absolute atomic E-state index is 0.0319. The van der Waals surface area contributed by atoms with E-state index >= 15 is 0 Å². The Morgan fingerprint density at radius 2 is 2.04 bits per heavy atom. The summed E-state index contributed by atoms with van der Waals surface area (Å²) < 4.78 is 40.5. The van der Waals surface area contributed by atoms with E-state index in [-0.39, 0.29) is 10.7 Å². The van der Waals surface area contributed by atoms with Crippen molar-refractivity contribution >= 4 is 17.3 Å². The van der Waals surface area contributed by atoms with Gasteiger partial charge in [0.25, 0.3) is 11.6 Å². The molecule has 9 nitrogen and oxygen atoms in total. The number of aliphatic hydroxyl groups is 1. The molecule has 0 aliphatic carbocycles. The number of carbonyl (C=O) groups is 1. The third-order valence-corrected chi connectivity index (χ3v) is 3.65. The van der Waals surface area contributed by atoms with E-state index in [1.807, 2.05) is 0 Å². The molecule has 0 saturated carbocycles. The summed E-state index contributed by atoms with van der Waals surface area (Å²) in [6, 6.07) is 0. The molecule has 0 bridgehead atoms. The van der Waals surface area contributed by atoms with Gasteiger partial charge in [-0.15, -0.1) is 0 Å². The van der Waals surface area contributed by atoms with E-state index in [1.165, 1.54) is 20.8 Å². The lowest BCUT2D eigenvalue weighted by Crippen LogP contribution is -2.60. The first-order chi connectivity index (χ1) is 10.8. The molecule has 1 N–H and O–H groups in total. The van der Waals surface area contributed by atoms with Crippen LogP contribution < -0.4 is 0 Å². The van der Waals surface area contributed by atoms with E-state index < -0.39 is 40.4 Å². The highest BCUT2D eigenvalue weighted by atomic mass is 19.4. The standard InChI is InChI=1S/C12H14F3N5O4/c1-7-4-11(22,12(13,14)15)19(17-7)9(21)10(2,3)18-6-8(5-16-18)20(23)24/h5-6,22H,4H2,1-3H3/t11-/m1/s1. The molecule has 1 amide bonds. The van der Waals surface area contributed by atoms with Crippen molar-refractivity contribution < 1.29 is 28.0 Å². The third kappa shape index (κ3) is 2.62. The van der Waals surface area contributed by atoms with Gasteiger partial charge in [-0.2, -0.15) is 28.4 Å². The summed E-state index contributed by atoms with van der Waals surface area (Å²) in [5.41, 5.74) is -5.72. The number of halogens is 3. The predicted octanol–water partition coefficient (Wildman–Crippen LogP) is 1.39. The van der Waals surface area contributed by atoms with Crippen LogP contribution in [0.4, 0.5) is 18.9 Å². The van der Waals surface area contributed by atoms with Crippen molar-refractivity contribution in [1.82, 2.24) is 14.8 Å². The Hall–Kier alpha value is -2.50. The molecule has 12 heteroatoms. The summed E-state index contributed by atoms with van der Waals surface area (Å²) >= 11 is 0. The second kappa shape index (κ2) is 5.26. The highest BCUT2D eigenvalue weighted by molar-refractivity contribution is 5.91. The molecule has 0 unspecified atom stereocenters. The van der Waals surface area contributed by atoms with Gasteiger partial charge in [0.1, 0.15) is 17.9 Å². The lowest BCUT2D eigenvalue weighted by molar-refractivity contribution is -0.385. The maximum absolute atomic E-state index is 13.2. The summed E-state index contributed by atoms with van der Waals surface area (Å²) in [5.74, 6) is -1.21. The Morgan fingerprint density at radius 3 is 2.50 bits per heavy atom. The first-order valence-electron chi connectivity index (χ1n) is 6.68. The van der Waals surface area contributed by atoms with Crippen LogP contribution in [0.3, 0.4) is 0 Å². The fraction of sp³-hybridized carbons (Fsp3) is 0.583. The first-order valence-corrected chi connectivity index (χ1v) is 6.68. The van der Waals surface area contributed by atoms with Gasteiger partial charge in [-0.3, -0.25) is 19.6 Å². The van der Waals surface area contributed by atoms with Crippen LogP contribution in [0.25, 0.3) is 0 Å². The number of hydrogen-bond donors (Lipinski definition) is 1. The number of hydrazone groups is 1. The summed E-state index contributed by atoms with van der Waals surface area (Å²) in [4.78, 5) is 22.5. The molecule has 132 valence electrons. The fourth-order valence-electron chi connectivity index (χ4n) is 2.22. The number of nitro groups is 1. The fourth-order valence-corrected chi connectivity index (χ4v) is 2.22. The quantitative estimate of drug-likeness (QED) is 0.654. The van der Waals surface area contributed by atoms with Gasteiger partial charge in [-0.25, -0.2) is 0 Å². The number of nitrogens with zero attached hydrogens (tertiary/aromatic N) is 5. The van der Waals surface area contributed by atoms with Gasteiger partial charge in [0.2, 0.25) is 0 Å². The number of carbonyl (C=O) groups excluding carboxylic acids is 1. The van der Waals surface area contributed by atoms with Crippen molar-refractivity contribution in [2.75, 3.05) is 0 Å². The Balaban J connectivity index is 2.42. The molecule has 0 aromatic carbocycles. The second-order valence-corrected chi connectivity index (χ2v) is 5.90. The van der Waals surface area contributed by atoms with E-state index in [9.17, 15) is 33.2 Å². The van der Waals surface area contributed by atoms with E-state index in [0.29, 0.717) is 0 Å². The predicted molar refractivity (Wildman–Crippen MR) is 73.8 cm³/mol. The minimum atomic E-state index is -5.13. The summed E-state index contributed by atoms with van der Waals surface area (Å²) in [7, 11) is 0. The van der Waals surface area contributed by atoms with Gasteiger partial charge in [0, 0.05) is 12.1 Å². The van der Waals surface area contributed by atoms with E-state index in [4.69, 9.17) is 0 Å². The Bertz CT molecular complexity index is 727. The third-order valence-electron chi connectivity index (χ3n) is 3.65. The van der Waals surface area contributed by atoms with Crippen LogP contribution in [0.15, 0.2) is 17.5 Å². The summed E-state index contributed by atoms with van der Waals surface area (Å²) in [5, 5.41) is 27.8. The monoisotopic (exact) mass is 349 g/mol. The van der Waals surface area contributed by atoms with Crippen LogP contribution in [0, 0.1) is 10.1 Å². The zero-order valence-electron chi connectivity index (χ0n) is 12.9. The summed E-state index contributed by atoms with van der Waals surface area (Å²) in [6.07, 6.45) is -4.23. The molecular formula is C12H14F3N5O4. The molecular weight excluding hydrogens is 335 g/mol. The summed E-state index contributed by atoms with van der Waals surface area (Å²) in [6.45, 7) is 3.67. The molecule has 1 atom stereocenters. The molecule has 1 aliphatic rings. The van der Waals surface area contributed by atoms with Crippen molar-refractivity contribution in [3.63, 3.8) is 0 Å². The van der Waals surface area contributed by atoms with E-state index in [1.54, 1.807) is 0 Å². The van der Waals surface area contributed by atoms with Gasteiger partial charge in [0.15, 0.2) is 0 Å². The number of aromatic nitrogens is 2. The van der Waals surface area contributed by atoms with E-state index in [2.05, 4.69) is 10.2 Å². The lowest BCUT2D eigenvalue weighted by atomic mass is 10.0. The lowest BCUT2D eigenvalue weighted by Gasteiger charge is -2.36. The van der Waals surface area contributed by atoms with Gasteiger partial charge in [0.05, 0.1) is 4.92 Å². The second-order valence-electron chi connectivity index (χ2n) is 5.90. The zero-order chi connectivity index (χ0) is 18.5. The molecule has 0 fully saturated rings. The zero-order valence-corrected chi connectivity index (χ0v) is 12.9. The van der Waals surface area contributed by atoms with Crippen molar-refractivity contribution in [2.24, 2.45) is 5.10 Å². The van der Waals surface area contributed by atoms with Crippen LogP contribution in [-0.4, -0.2) is 48.3 Å². The van der Waals surface area contributed by atoms with Crippen molar-refractivity contribution in [1.29, 1.82) is 0 Å². The minimum Gasteiger partial charge on any atom is -0.362 e. The van der Waals surface area contributed by atoms with Crippen LogP contribution in [0.1, 0.15) is 27.2 Å². The van der Waals surface area contributed by atoms with Crippen LogP contribution in [0.5, 0.6) is 0 Å². The molecule has 1 aromatic rings. The Labute approximate surface area is 133 Å².